The Balaban J connectivity index is 2.93. The molecule has 0 aromatic heterocycles. The predicted octanol–water partition coefficient (Wildman–Crippen LogP) is 2.47. The van der Waals surface area contributed by atoms with Gasteiger partial charge in [0.25, 0.3) is 0 Å². The molecule has 0 bridgehead atoms. The van der Waals surface area contributed by atoms with Crippen molar-refractivity contribution >= 4 is 26.7 Å². The first-order valence-electron chi connectivity index (χ1n) is 4.15. The second-order valence-corrected chi connectivity index (χ2v) is 3.23. The Morgan fingerprint density at radius 3 is 2.21 bits per heavy atom. The topological polar surface area (TPSA) is 37.3 Å². The number of benzene rings is 1. The van der Waals surface area contributed by atoms with Crippen molar-refractivity contribution in [1.82, 2.24) is 0 Å². The number of carbonyl (C=O) groups is 1. The zero-order valence-corrected chi connectivity index (χ0v) is 8.82. The van der Waals surface area contributed by atoms with Gasteiger partial charge in [0.2, 0.25) is 0 Å². The highest BCUT2D eigenvalue weighted by Crippen LogP contribution is 2.08. The van der Waals surface area contributed by atoms with Crippen LogP contribution in [-0.2, 0) is 4.79 Å². The average Bonchev–Trinajstić information content (AvgIpc) is 2.19. The Bertz CT molecular complexity index is 377. The molecular formula is C11H11O2P. The maximum Gasteiger partial charge on any atom is 0.331 e. The average molecular weight is 206 g/mol. The van der Waals surface area contributed by atoms with Crippen LogP contribution in [0.25, 0.3) is 6.08 Å². The summed E-state index contributed by atoms with van der Waals surface area (Å²) in [6.45, 7) is 1.58. The number of rotatable bonds is 3. The summed E-state index contributed by atoms with van der Waals surface area (Å²) < 4.78 is 0. The third-order valence-corrected chi connectivity index (χ3v) is 2.16. The van der Waals surface area contributed by atoms with Crippen molar-refractivity contribution in [3.05, 3.63) is 41.0 Å². The lowest BCUT2D eigenvalue weighted by Gasteiger charge is -1.96. The van der Waals surface area contributed by atoms with Gasteiger partial charge in [-0.05, 0) is 29.9 Å². The molecule has 0 aliphatic heterocycles. The minimum Gasteiger partial charge on any atom is -0.478 e. The van der Waals surface area contributed by atoms with E-state index in [4.69, 9.17) is 5.11 Å². The number of carboxylic acids is 1. The van der Waals surface area contributed by atoms with E-state index in [2.05, 4.69) is 8.86 Å². The smallest absolute Gasteiger partial charge is 0.331 e. The van der Waals surface area contributed by atoms with Gasteiger partial charge in [-0.3, -0.25) is 0 Å². The van der Waals surface area contributed by atoms with Crippen LogP contribution < -0.4 is 0 Å². The third kappa shape index (κ3) is 2.82. The van der Waals surface area contributed by atoms with Crippen molar-refractivity contribution in [1.29, 1.82) is 0 Å². The van der Waals surface area contributed by atoms with Crippen LogP contribution in [0.15, 0.2) is 29.8 Å². The molecule has 72 valence electrons. The Morgan fingerprint density at radius 2 is 1.79 bits per heavy atom. The van der Waals surface area contributed by atoms with Crippen LogP contribution in [0.4, 0.5) is 0 Å². The molecule has 1 aromatic carbocycles. The lowest BCUT2D eigenvalue weighted by Crippen LogP contribution is -1.95. The van der Waals surface area contributed by atoms with Gasteiger partial charge in [0.1, 0.15) is 0 Å². The molecule has 2 nitrogen and oxygen atoms in total. The molecule has 0 spiro atoms. The van der Waals surface area contributed by atoms with E-state index in [1.807, 2.05) is 24.3 Å². The van der Waals surface area contributed by atoms with Gasteiger partial charge in [-0.15, -0.1) is 8.86 Å². The Kier molecular flexibility index (Phi) is 3.61. The van der Waals surface area contributed by atoms with Gasteiger partial charge in [0.15, 0.2) is 0 Å². The molecule has 3 heteroatoms. The van der Waals surface area contributed by atoms with Crippen LogP contribution in [0.2, 0.25) is 0 Å². The normalized spacial score (nSPS) is 11.1. The summed E-state index contributed by atoms with van der Waals surface area (Å²) in [6, 6.07) is 7.57. The minimum atomic E-state index is -0.888. The quantitative estimate of drug-likeness (QED) is 0.609. The number of hydrogen-bond acceptors (Lipinski definition) is 1. The lowest BCUT2D eigenvalue weighted by molar-refractivity contribution is -0.132. The molecule has 0 amide bonds. The molecule has 0 heterocycles. The highest BCUT2D eigenvalue weighted by molar-refractivity contribution is 7.19. The number of aliphatic carboxylic acids is 1. The SMILES string of the molecule is C/C(=C\c1ccc(C=P)cc1)C(=O)O. The van der Waals surface area contributed by atoms with Crippen LogP contribution in [0.3, 0.4) is 0 Å². The summed E-state index contributed by atoms with van der Waals surface area (Å²) in [7, 11) is 3.27. The highest BCUT2D eigenvalue weighted by Gasteiger charge is 1.98. The summed E-state index contributed by atoms with van der Waals surface area (Å²) in [5.74, 6) is 0.915. The summed E-state index contributed by atoms with van der Waals surface area (Å²) in [6.07, 6.45) is 1.64. The van der Waals surface area contributed by atoms with Crippen LogP contribution in [0.1, 0.15) is 18.1 Å². The van der Waals surface area contributed by atoms with Crippen molar-refractivity contribution in [3.8, 4) is 0 Å². The van der Waals surface area contributed by atoms with Gasteiger partial charge in [0, 0.05) is 5.57 Å². The van der Waals surface area contributed by atoms with Crippen LogP contribution >= 0.6 is 8.86 Å². The predicted molar refractivity (Wildman–Crippen MR) is 61.2 cm³/mol. The molecule has 1 aromatic rings. The van der Waals surface area contributed by atoms with Crippen molar-refractivity contribution in [2.24, 2.45) is 0 Å². The van der Waals surface area contributed by atoms with Crippen LogP contribution in [0, 0.1) is 0 Å². The fraction of sp³-hybridized carbons (Fsp3) is 0.0909. The lowest BCUT2D eigenvalue weighted by atomic mass is 10.1. The van der Waals surface area contributed by atoms with Gasteiger partial charge in [-0.25, -0.2) is 4.79 Å². The van der Waals surface area contributed by atoms with Crippen molar-refractivity contribution < 1.29 is 9.90 Å². The zero-order valence-electron chi connectivity index (χ0n) is 7.82. The number of carboxylic acid groups (broad SMARTS) is 1. The fourth-order valence-corrected chi connectivity index (χ4v) is 1.19. The zero-order chi connectivity index (χ0) is 10.6. The van der Waals surface area contributed by atoms with E-state index in [-0.39, 0.29) is 0 Å². The molecule has 14 heavy (non-hydrogen) atoms. The van der Waals surface area contributed by atoms with E-state index in [9.17, 15) is 4.79 Å². The Morgan fingerprint density at radius 1 is 1.29 bits per heavy atom. The van der Waals surface area contributed by atoms with Crippen LogP contribution in [-0.4, -0.2) is 16.9 Å². The van der Waals surface area contributed by atoms with Crippen molar-refractivity contribution in [3.63, 3.8) is 0 Å². The van der Waals surface area contributed by atoms with E-state index in [1.165, 1.54) is 0 Å². The second kappa shape index (κ2) is 4.73. The summed E-state index contributed by atoms with van der Waals surface area (Å²) in [5.41, 5.74) is 2.27. The van der Waals surface area contributed by atoms with E-state index >= 15 is 0 Å². The highest BCUT2D eigenvalue weighted by atomic mass is 31.0. The maximum atomic E-state index is 10.5. The van der Waals surface area contributed by atoms with Gasteiger partial charge < -0.3 is 5.11 Å². The van der Waals surface area contributed by atoms with Crippen molar-refractivity contribution in [2.45, 2.75) is 6.92 Å². The molecule has 1 rings (SSSR count). The molecule has 0 atom stereocenters. The molecule has 0 saturated carbocycles. The van der Waals surface area contributed by atoms with E-state index < -0.39 is 5.97 Å². The summed E-state index contributed by atoms with van der Waals surface area (Å²) >= 11 is 0. The van der Waals surface area contributed by atoms with Gasteiger partial charge in [-0.1, -0.05) is 24.3 Å². The first-order valence-corrected chi connectivity index (χ1v) is 4.73. The molecule has 1 N–H and O–H groups in total. The molecule has 0 radical (unpaired) electrons. The Labute approximate surface area is 85.1 Å². The van der Waals surface area contributed by atoms with E-state index in [0.717, 1.165) is 11.1 Å². The van der Waals surface area contributed by atoms with Gasteiger partial charge in [-0.2, -0.15) is 0 Å². The summed E-state index contributed by atoms with van der Waals surface area (Å²) in [4.78, 5) is 10.5. The first-order chi connectivity index (χ1) is 6.63. The Hall–Kier alpha value is -1.40. The maximum absolute atomic E-state index is 10.5. The molecule has 0 saturated heterocycles. The molecule has 0 aliphatic rings. The van der Waals surface area contributed by atoms with Crippen molar-refractivity contribution in [2.75, 3.05) is 0 Å². The number of hydrogen-bond donors (Lipinski definition) is 1. The molecule has 0 unspecified atom stereocenters. The first kappa shape index (κ1) is 10.7. The third-order valence-electron chi connectivity index (χ3n) is 1.82. The minimum absolute atomic E-state index is 0.333. The largest absolute Gasteiger partial charge is 0.478 e. The molecular weight excluding hydrogens is 195 g/mol. The van der Waals surface area contributed by atoms with E-state index in [1.54, 1.807) is 18.8 Å². The molecule has 0 aliphatic carbocycles. The van der Waals surface area contributed by atoms with Crippen LogP contribution in [0.5, 0.6) is 0 Å². The van der Waals surface area contributed by atoms with Gasteiger partial charge >= 0.3 is 5.97 Å². The fourth-order valence-electron chi connectivity index (χ4n) is 1.00. The summed E-state index contributed by atoms with van der Waals surface area (Å²) in [5, 5.41) is 8.66. The monoisotopic (exact) mass is 206 g/mol. The second-order valence-electron chi connectivity index (χ2n) is 2.94. The van der Waals surface area contributed by atoms with Gasteiger partial charge in [0.05, 0.1) is 0 Å². The molecule has 0 fully saturated rings. The standard InChI is InChI=1S/C11H11O2P/c1-8(11(12)13)6-9-2-4-10(7-14)5-3-9/h2-7,14H,1H3,(H,12,13)/b8-6+. The van der Waals surface area contributed by atoms with E-state index in [0.29, 0.717) is 5.57 Å².